The van der Waals surface area contributed by atoms with Gasteiger partial charge in [0.15, 0.2) is 0 Å². The van der Waals surface area contributed by atoms with Gasteiger partial charge in [-0.3, -0.25) is 9.59 Å². The van der Waals surface area contributed by atoms with Gasteiger partial charge in [0.2, 0.25) is 5.91 Å². The van der Waals surface area contributed by atoms with Gasteiger partial charge >= 0.3 is 18.2 Å². The number of hydrogen-bond donors (Lipinski definition) is 3. The third-order valence-electron chi connectivity index (χ3n) is 1.83. The fraction of sp³-hybridized carbons (Fsp3) is 0.700. The van der Waals surface area contributed by atoms with Gasteiger partial charge in [0.25, 0.3) is 0 Å². The van der Waals surface area contributed by atoms with Crippen molar-refractivity contribution in [3.8, 4) is 0 Å². The topological polar surface area (TPSA) is 98.7 Å². The second-order valence-electron chi connectivity index (χ2n) is 4.25. The van der Waals surface area contributed by atoms with Crippen molar-refractivity contribution in [1.82, 2.24) is 15.5 Å². The van der Waals surface area contributed by atoms with Crippen LogP contribution in [0.15, 0.2) is 0 Å². The molecule has 0 aromatic carbocycles. The van der Waals surface area contributed by atoms with Crippen LogP contribution in [0.2, 0.25) is 0 Å². The van der Waals surface area contributed by atoms with Gasteiger partial charge in [-0.25, -0.2) is 4.79 Å². The molecule has 0 aliphatic heterocycles. The molecule has 0 saturated heterocycles. The summed E-state index contributed by atoms with van der Waals surface area (Å²) in [5.41, 5.74) is 0. The van der Waals surface area contributed by atoms with Crippen molar-refractivity contribution in [3.63, 3.8) is 0 Å². The molecular formula is C10H16F3N3O4. The van der Waals surface area contributed by atoms with Gasteiger partial charge in [0.05, 0.1) is 6.54 Å². The van der Waals surface area contributed by atoms with Crippen LogP contribution < -0.4 is 10.6 Å². The van der Waals surface area contributed by atoms with E-state index in [1.165, 1.54) is 0 Å². The number of hydrogen-bond acceptors (Lipinski definition) is 3. The number of nitrogens with zero attached hydrogens (tertiary/aromatic N) is 1. The zero-order valence-corrected chi connectivity index (χ0v) is 11.0. The van der Waals surface area contributed by atoms with Crippen molar-refractivity contribution in [1.29, 1.82) is 0 Å². The van der Waals surface area contributed by atoms with Crippen LogP contribution >= 0.6 is 0 Å². The van der Waals surface area contributed by atoms with Crippen LogP contribution in [0.25, 0.3) is 0 Å². The average Bonchev–Trinajstić information content (AvgIpc) is 2.21. The molecule has 0 aromatic heterocycles. The van der Waals surface area contributed by atoms with Crippen molar-refractivity contribution >= 4 is 17.9 Å². The van der Waals surface area contributed by atoms with Crippen LogP contribution in [0.1, 0.15) is 13.8 Å². The molecule has 3 N–H and O–H groups in total. The molecule has 0 aliphatic carbocycles. The molecule has 0 fully saturated rings. The summed E-state index contributed by atoms with van der Waals surface area (Å²) < 4.78 is 36.6. The van der Waals surface area contributed by atoms with Crippen molar-refractivity contribution in [3.05, 3.63) is 0 Å². The van der Waals surface area contributed by atoms with Crippen LogP contribution in [0, 0.1) is 0 Å². The maximum Gasteiger partial charge on any atom is 0.406 e. The van der Waals surface area contributed by atoms with Gasteiger partial charge in [0.1, 0.15) is 13.1 Å². The Balaban J connectivity index is 4.48. The minimum atomic E-state index is -4.73. The molecule has 0 saturated carbocycles. The SMILES string of the molecule is CC(C)NC(=O)CNC(=O)N(CC(=O)O)CC(F)(F)F. The smallest absolute Gasteiger partial charge is 0.406 e. The molecule has 20 heavy (non-hydrogen) atoms. The molecule has 0 aromatic rings. The monoisotopic (exact) mass is 299 g/mol. The molecule has 0 radical (unpaired) electrons. The van der Waals surface area contributed by atoms with E-state index in [2.05, 4.69) is 5.32 Å². The highest BCUT2D eigenvalue weighted by atomic mass is 19.4. The maximum atomic E-state index is 12.2. The number of carbonyl (C=O) groups is 3. The number of carboxylic acid groups (broad SMARTS) is 1. The third-order valence-corrected chi connectivity index (χ3v) is 1.83. The Morgan fingerprint density at radius 3 is 2.20 bits per heavy atom. The van der Waals surface area contributed by atoms with E-state index in [1.54, 1.807) is 13.8 Å². The number of carboxylic acids is 1. The molecule has 0 rings (SSSR count). The summed E-state index contributed by atoms with van der Waals surface area (Å²) in [6, 6.07) is -1.46. The lowest BCUT2D eigenvalue weighted by Crippen LogP contribution is -2.49. The Bertz CT molecular complexity index is 371. The highest BCUT2D eigenvalue weighted by Crippen LogP contribution is 2.16. The van der Waals surface area contributed by atoms with Crippen LogP contribution in [-0.4, -0.2) is 59.8 Å². The number of rotatable bonds is 6. The van der Waals surface area contributed by atoms with E-state index in [4.69, 9.17) is 5.11 Å². The maximum absolute atomic E-state index is 12.2. The van der Waals surface area contributed by atoms with Gasteiger partial charge in [-0.1, -0.05) is 0 Å². The highest BCUT2D eigenvalue weighted by Gasteiger charge is 2.34. The molecule has 0 unspecified atom stereocenters. The first kappa shape index (κ1) is 18.0. The van der Waals surface area contributed by atoms with Crippen LogP contribution in [0.3, 0.4) is 0 Å². The minimum Gasteiger partial charge on any atom is -0.480 e. The van der Waals surface area contributed by atoms with Crippen molar-refractivity contribution in [2.24, 2.45) is 0 Å². The molecule has 0 bridgehead atoms. The molecule has 10 heteroatoms. The lowest BCUT2D eigenvalue weighted by molar-refractivity contribution is -0.148. The van der Waals surface area contributed by atoms with Gasteiger partial charge in [-0.2, -0.15) is 13.2 Å². The molecular weight excluding hydrogens is 283 g/mol. The fourth-order valence-electron chi connectivity index (χ4n) is 1.22. The fourth-order valence-corrected chi connectivity index (χ4v) is 1.22. The Kier molecular flexibility index (Phi) is 6.80. The number of carbonyl (C=O) groups excluding carboxylic acids is 2. The molecule has 0 aliphatic rings. The Morgan fingerprint density at radius 2 is 1.80 bits per heavy atom. The molecule has 3 amide bonds. The average molecular weight is 299 g/mol. The molecule has 0 heterocycles. The van der Waals surface area contributed by atoms with E-state index in [9.17, 15) is 27.6 Å². The van der Waals surface area contributed by atoms with Gasteiger partial charge in [-0.15, -0.1) is 0 Å². The highest BCUT2D eigenvalue weighted by molar-refractivity contribution is 5.85. The Labute approximate surface area is 113 Å². The van der Waals surface area contributed by atoms with E-state index in [1.807, 2.05) is 5.32 Å². The van der Waals surface area contributed by atoms with Crippen molar-refractivity contribution in [2.75, 3.05) is 19.6 Å². The van der Waals surface area contributed by atoms with Crippen LogP contribution in [-0.2, 0) is 9.59 Å². The lowest BCUT2D eigenvalue weighted by Gasteiger charge is -2.22. The van der Waals surface area contributed by atoms with Gasteiger partial charge in [-0.05, 0) is 13.8 Å². The molecule has 0 atom stereocenters. The number of nitrogens with one attached hydrogen (secondary N) is 2. The largest absolute Gasteiger partial charge is 0.480 e. The molecule has 116 valence electrons. The Morgan fingerprint density at radius 1 is 1.25 bits per heavy atom. The van der Waals surface area contributed by atoms with E-state index in [0.29, 0.717) is 0 Å². The predicted molar refractivity (Wildman–Crippen MR) is 61.9 cm³/mol. The number of aliphatic carboxylic acids is 1. The Hall–Kier alpha value is -2.00. The van der Waals surface area contributed by atoms with Crippen LogP contribution in [0.4, 0.5) is 18.0 Å². The summed E-state index contributed by atoms with van der Waals surface area (Å²) in [6.07, 6.45) is -4.73. The minimum absolute atomic E-state index is 0.0605. The first-order chi connectivity index (χ1) is 9.01. The quantitative estimate of drug-likeness (QED) is 0.651. The number of urea groups is 1. The zero-order valence-electron chi connectivity index (χ0n) is 11.0. The zero-order chi connectivity index (χ0) is 15.9. The number of amides is 3. The number of halogens is 3. The standard InChI is InChI=1S/C10H16F3N3O4/c1-6(2)15-7(17)3-14-9(20)16(4-8(18)19)5-10(11,12)13/h6H,3-5H2,1-2H3,(H,14,20)(H,15,17)(H,18,19). The summed E-state index contributed by atoms with van der Waals surface area (Å²) in [7, 11) is 0. The first-order valence-corrected chi connectivity index (χ1v) is 5.62. The second kappa shape index (κ2) is 7.56. The summed E-state index contributed by atoms with van der Waals surface area (Å²) in [4.78, 5) is 33.1. The first-order valence-electron chi connectivity index (χ1n) is 5.62. The van der Waals surface area contributed by atoms with Crippen LogP contribution in [0.5, 0.6) is 0 Å². The lowest BCUT2D eigenvalue weighted by atomic mass is 10.4. The van der Waals surface area contributed by atoms with E-state index >= 15 is 0 Å². The third kappa shape index (κ3) is 9.00. The number of alkyl halides is 3. The van der Waals surface area contributed by atoms with E-state index < -0.39 is 43.7 Å². The summed E-state index contributed by atoms with van der Waals surface area (Å²) in [6.45, 7) is -0.0285. The normalized spacial score (nSPS) is 11.1. The van der Waals surface area contributed by atoms with Gasteiger partial charge in [0, 0.05) is 6.04 Å². The summed E-state index contributed by atoms with van der Waals surface area (Å²) >= 11 is 0. The summed E-state index contributed by atoms with van der Waals surface area (Å²) in [5, 5.41) is 12.8. The molecule has 7 nitrogen and oxygen atoms in total. The van der Waals surface area contributed by atoms with E-state index in [0.717, 1.165) is 0 Å². The van der Waals surface area contributed by atoms with E-state index in [-0.39, 0.29) is 10.9 Å². The summed E-state index contributed by atoms with van der Waals surface area (Å²) in [5.74, 6) is -2.17. The predicted octanol–water partition coefficient (Wildman–Crippen LogP) is 0.170. The van der Waals surface area contributed by atoms with Crippen molar-refractivity contribution in [2.45, 2.75) is 26.1 Å². The molecule has 0 spiro atoms. The van der Waals surface area contributed by atoms with Crippen molar-refractivity contribution < 1.29 is 32.7 Å². The van der Waals surface area contributed by atoms with Gasteiger partial charge < -0.3 is 20.6 Å². The second-order valence-corrected chi connectivity index (χ2v) is 4.25.